The fourth-order valence-electron chi connectivity index (χ4n) is 2.24. The molecular formula is C19H25N3O6. The molecule has 0 aromatic heterocycles. The lowest BCUT2D eigenvalue weighted by Gasteiger charge is -2.37. The van der Waals surface area contributed by atoms with Gasteiger partial charge in [0.05, 0.1) is 13.2 Å². The average Bonchev–Trinajstić information content (AvgIpc) is 2.61. The van der Waals surface area contributed by atoms with Crippen molar-refractivity contribution >= 4 is 18.2 Å². The summed E-state index contributed by atoms with van der Waals surface area (Å²) >= 11 is 0. The topological polar surface area (TPSA) is 118 Å². The molecule has 0 saturated heterocycles. The Morgan fingerprint density at radius 2 is 1.64 bits per heavy atom. The Hall–Kier alpha value is -3.28. The van der Waals surface area contributed by atoms with Crippen LogP contribution in [0.1, 0.15) is 40.2 Å². The Morgan fingerprint density at radius 1 is 1.07 bits per heavy atom. The second-order valence-corrected chi connectivity index (χ2v) is 6.56. The van der Waals surface area contributed by atoms with Crippen LogP contribution in [0.4, 0.5) is 9.59 Å². The van der Waals surface area contributed by atoms with E-state index < -0.39 is 29.3 Å². The van der Waals surface area contributed by atoms with E-state index in [9.17, 15) is 19.6 Å². The molecule has 0 radical (unpaired) electrons. The van der Waals surface area contributed by atoms with Crippen molar-refractivity contribution in [2.75, 3.05) is 13.2 Å². The highest BCUT2D eigenvalue weighted by Gasteiger charge is 2.53. The van der Waals surface area contributed by atoms with Gasteiger partial charge in [0, 0.05) is 5.56 Å². The molecule has 0 spiro atoms. The number of esters is 1. The van der Waals surface area contributed by atoms with Crippen molar-refractivity contribution in [2.24, 2.45) is 0 Å². The average molecular weight is 391 g/mol. The van der Waals surface area contributed by atoms with Gasteiger partial charge in [-0.05, 0) is 34.6 Å². The van der Waals surface area contributed by atoms with Gasteiger partial charge in [0.25, 0.3) is 5.54 Å². The lowest BCUT2D eigenvalue weighted by Crippen LogP contribution is -2.62. The third-order valence-corrected chi connectivity index (χ3v) is 3.31. The van der Waals surface area contributed by atoms with Crippen molar-refractivity contribution in [3.8, 4) is 6.07 Å². The fraction of sp³-hybridized carbons (Fsp3) is 0.474. The van der Waals surface area contributed by atoms with E-state index >= 15 is 0 Å². The van der Waals surface area contributed by atoms with E-state index in [1.165, 1.54) is 12.1 Å². The predicted octanol–water partition coefficient (Wildman–Crippen LogP) is 2.87. The first kappa shape index (κ1) is 22.8. The van der Waals surface area contributed by atoms with Crippen LogP contribution in [0, 0.1) is 11.3 Å². The molecule has 1 N–H and O–H groups in total. The van der Waals surface area contributed by atoms with Crippen molar-refractivity contribution in [2.45, 2.75) is 45.8 Å². The minimum Gasteiger partial charge on any atom is -0.457 e. The number of carbonyl (C=O) groups excluding carboxylic acids is 3. The van der Waals surface area contributed by atoms with Crippen LogP contribution < -0.4 is 5.43 Å². The van der Waals surface area contributed by atoms with E-state index in [-0.39, 0.29) is 18.8 Å². The third-order valence-electron chi connectivity index (χ3n) is 3.31. The second kappa shape index (κ2) is 9.60. The summed E-state index contributed by atoms with van der Waals surface area (Å²) in [5.41, 5.74) is -1.06. The van der Waals surface area contributed by atoms with Crippen LogP contribution >= 0.6 is 0 Å². The van der Waals surface area contributed by atoms with Crippen molar-refractivity contribution in [3.05, 3.63) is 35.9 Å². The normalized spacial score (nSPS) is 12.7. The Kier molecular flexibility index (Phi) is 7.80. The zero-order chi connectivity index (χ0) is 21.4. The number of nitriles is 1. The number of amides is 2. The van der Waals surface area contributed by atoms with Gasteiger partial charge in [-0.25, -0.2) is 19.8 Å². The van der Waals surface area contributed by atoms with Gasteiger partial charge in [0.15, 0.2) is 0 Å². The molecule has 0 heterocycles. The van der Waals surface area contributed by atoms with Crippen LogP contribution in [-0.4, -0.2) is 42.0 Å². The smallest absolute Gasteiger partial charge is 0.431 e. The largest absolute Gasteiger partial charge is 0.457 e. The van der Waals surface area contributed by atoms with Gasteiger partial charge < -0.3 is 14.2 Å². The third kappa shape index (κ3) is 5.36. The van der Waals surface area contributed by atoms with Crippen LogP contribution in [0.15, 0.2) is 30.3 Å². The predicted molar refractivity (Wildman–Crippen MR) is 98.6 cm³/mol. The molecule has 1 aromatic carbocycles. The number of carbonyl (C=O) groups is 3. The second-order valence-electron chi connectivity index (χ2n) is 6.56. The zero-order valence-corrected chi connectivity index (χ0v) is 16.6. The molecular weight excluding hydrogens is 366 g/mol. The van der Waals surface area contributed by atoms with Gasteiger partial charge in [-0.15, -0.1) is 0 Å². The first-order valence-corrected chi connectivity index (χ1v) is 8.73. The van der Waals surface area contributed by atoms with E-state index in [0.717, 1.165) is 0 Å². The van der Waals surface area contributed by atoms with Crippen molar-refractivity contribution in [3.63, 3.8) is 0 Å². The monoisotopic (exact) mass is 391 g/mol. The quantitative estimate of drug-likeness (QED) is 0.466. The maximum absolute atomic E-state index is 13.1. The van der Waals surface area contributed by atoms with Gasteiger partial charge >= 0.3 is 18.2 Å². The lowest BCUT2D eigenvalue weighted by molar-refractivity contribution is -0.167. The molecule has 0 bridgehead atoms. The summed E-state index contributed by atoms with van der Waals surface area (Å²) in [6.45, 7) is 7.92. The molecule has 0 aliphatic heterocycles. The number of ether oxygens (including phenoxy) is 3. The summed E-state index contributed by atoms with van der Waals surface area (Å²) in [4.78, 5) is 37.7. The van der Waals surface area contributed by atoms with Gasteiger partial charge in [0.1, 0.15) is 11.7 Å². The molecule has 0 fully saturated rings. The molecule has 9 nitrogen and oxygen atoms in total. The molecule has 0 saturated carbocycles. The van der Waals surface area contributed by atoms with Gasteiger partial charge in [-0.2, -0.15) is 10.3 Å². The molecule has 0 aliphatic carbocycles. The minimum absolute atomic E-state index is 0.0137. The molecule has 2 amide bonds. The first-order chi connectivity index (χ1) is 13.1. The number of benzene rings is 1. The highest BCUT2D eigenvalue weighted by atomic mass is 16.6. The zero-order valence-electron chi connectivity index (χ0n) is 16.6. The first-order valence-electron chi connectivity index (χ1n) is 8.73. The SMILES string of the molecule is CCOC(=O)NN(C(=O)OCC)[C@](C#N)(C(=O)OC(C)(C)C)c1ccccc1. The van der Waals surface area contributed by atoms with E-state index in [1.54, 1.807) is 52.8 Å². The molecule has 0 unspecified atom stereocenters. The number of nitrogens with one attached hydrogen (secondary N) is 1. The van der Waals surface area contributed by atoms with Crippen molar-refractivity contribution in [1.29, 1.82) is 5.26 Å². The Balaban J connectivity index is 3.62. The molecule has 9 heteroatoms. The molecule has 0 aliphatic rings. The standard InChI is InChI=1S/C19H25N3O6/c1-6-26-16(24)21-22(17(25)27-7-2)19(13-20,14-11-9-8-10-12-14)15(23)28-18(3,4)5/h8-12H,6-7H2,1-5H3,(H,21,24)/t19-/m0/s1. The van der Waals surface area contributed by atoms with Crippen LogP contribution in [0.25, 0.3) is 0 Å². The summed E-state index contributed by atoms with van der Waals surface area (Å²) in [5, 5.41) is 10.5. The maximum Gasteiger partial charge on any atom is 0.431 e. The summed E-state index contributed by atoms with van der Waals surface area (Å²) in [7, 11) is 0. The summed E-state index contributed by atoms with van der Waals surface area (Å²) in [6.07, 6.45) is -2.15. The highest BCUT2D eigenvalue weighted by molar-refractivity contribution is 5.91. The number of hydrogen-bond acceptors (Lipinski definition) is 7. The molecule has 1 atom stereocenters. The van der Waals surface area contributed by atoms with Crippen LogP contribution in [0.3, 0.4) is 0 Å². The van der Waals surface area contributed by atoms with Gasteiger partial charge in [0.2, 0.25) is 0 Å². The van der Waals surface area contributed by atoms with E-state index in [1.807, 2.05) is 6.07 Å². The number of rotatable bonds is 5. The Morgan fingerprint density at radius 3 is 2.11 bits per heavy atom. The summed E-state index contributed by atoms with van der Waals surface area (Å²) in [6, 6.07) is 9.59. The van der Waals surface area contributed by atoms with Gasteiger partial charge in [-0.3, -0.25) is 0 Å². The minimum atomic E-state index is -2.34. The summed E-state index contributed by atoms with van der Waals surface area (Å²) < 4.78 is 15.1. The Bertz CT molecular complexity index is 738. The van der Waals surface area contributed by atoms with Crippen molar-refractivity contribution in [1.82, 2.24) is 10.4 Å². The Labute approximate surface area is 164 Å². The number of hydrazine groups is 1. The number of hydrogen-bond donors (Lipinski definition) is 1. The molecule has 1 rings (SSSR count). The van der Waals surface area contributed by atoms with E-state index in [2.05, 4.69) is 5.43 Å². The number of nitrogens with zero attached hydrogens (tertiary/aromatic N) is 2. The van der Waals surface area contributed by atoms with Crippen LogP contribution in [-0.2, 0) is 24.5 Å². The molecule has 1 aromatic rings. The van der Waals surface area contributed by atoms with Crippen LogP contribution in [0.2, 0.25) is 0 Å². The summed E-state index contributed by atoms with van der Waals surface area (Å²) in [5.74, 6) is -1.06. The van der Waals surface area contributed by atoms with E-state index in [4.69, 9.17) is 14.2 Å². The fourth-order valence-corrected chi connectivity index (χ4v) is 2.24. The maximum atomic E-state index is 13.1. The highest BCUT2D eigenvalue weighted by Crippen LogP contribution is 2.31. The van der Waals surface area contributed by atoms with Crippen molar-refractivity contribution < 1.29 is 28.6 Å². The van der Waals surface area contributed by atoms with Crippen LogP contribution in [0.5, 0.6) is 0 Å². The molecule has 28 heavy (non-hydrogen) atoms. The molecule has 152 valence electrons. The van der Waals surface area contributed by atoms with E-state index in [0.29, 0.717) is 5.01 Å². The lowest BCUT2D eigenvalue weighted by atomic mass is 9.90. The van der Waals surface area contributed by atoms with Gasteiger partial charge in [-0.1, -0.05) is 30.3 Å².